The van der Waals surface area contributed by atoms with Crippen LogP contribution in [0.3, 0.4) is 0 Å². The molecule has 2 N–H and O–H groups in total. The first-order valence-corrected chi connectivity index (χ1v) is 19.7. The van der Waals surface area contributed by atoms with Gasteiger partial charge in [-0.3, -0.25) is 43.9 Å². The van der Waals surface area contributed by atoms with Crippen molar-refractivity contribution in [1.82, 2.24) is 40.1 Å². The van der Waals surface area contributed by atoms with Crippen molar-refractivity contribution < 1.29 is 23.6 Å². The summed E-state index contributed by atoms with van der Waals surface area (Å²) in [5.74, 6) is -0.733. The van der Waals surface area contributed by atoms with Crippen molar-refractivity contribution in [3.63, 3.8) is 0 Å². The summed E-state index contributed by atoms with van der Waals surface area (Å²) in [5.41, 5.74) is 5.20. The van der Waals surface area contributed by atoms with Crippen molar-refractivity contribution in [3.8, 4) is 5.00 Å². The molecule has 2 saturated heterocycles. The number of aryl methyl sites for hydroxylation is 2. The normalized spacial score (nSPS) is 20.1. The summed E-state index contributed by atoms with van der Waals surface area (Å²) in [6.07, 6.45) is 0.490. The minimum absolute atomic E-state index is 0.00633. The molecule has 286 valence electrons. The Morgan fingerprint density at radius 3 is 2.51 bits per heavy atom. The third-order valence-corrected chi connectivity index (χ3v) is 12.4. The fourth-order valence-corrected chi connectivity index (χ4v) is 9.31. The highest BCUT2D eigenvalue weighted by Crippen LogP contribution is 2.39. The minimum atomic E-state index is -0.786. The Morgan fingerprint density at radius 2 is 1.76 bits per heavy atom. The number of nitrogens with one attached hydrogen (secondary N) is 2. The van der Waals surface area contributed by atoms with Gasteiger partial charge in [0, 0.05) is 79.8 Å². The van der Waals surface area contributed by atoms with Gasteiger partial charge >= 0.3 is 0 Å². The summed E-state index contributed by atoms with van der Waals surface area (Å²) < 4.78 is 17.3. The highest BCUT2D eigenvalue weighted by atomic mass is 35.5. The molecule has 16 heteroatoms. The molecule has 0 radical (unpaired) electrons. The fourth-order valence-electron chi connectivity index (χ4n) is 7.97. The van der Waals surface area contributed by atoms with Crippen LogP contribution in [0.25, 0.3) is 5.00 Å². The molecule has 2 fully saturated rings. The van der Waals surface area contributed by atoms with Gasteiger partial charge < -0.3 is 10.2 Å². The van der Waals surface area contributed by atoms with Crippen LogP contribution in [0.5, 0.6) is 0 Å². The second-order valence-corrected chi connectivity index (χ2v) is 16.2. The molecule has 0 aliphatic carbocycles. The SMILES string of the molecule is Cc1sc2c(c1C)C(c1ccc(Cl)cc1)=N[C@@H](CC(=O)NCCN1CCN(Cc3cc(F)c4c(c3)CN(C3CCC(=O)NC3=O)C4=O)CC1)c1nnc(C)n1-2. The number of carbonyl (C=O) groups excluding carboxylic acids is 4. The first kappa shape index (κ1) is 37.1. The number of thiophene rings is 1. The predicted octanol–water partition coefficient (Wildman–Crippen LogP) is 4.02. The lowest BCUT2D eigenvalue weighted by molar-refractivity contribution is -0.137. The van der Waals surface area contributed by atoms with Crippen LogP contribution in [0.1, 0.15) is 80.0 Å². The Hall–Kier alpha value is -4.83. The van der Waals surface area contributed by atoms with E-state index in [1.807, 2.05) is 41.8 Å². The number of fused-ring (bicyclic) bond motifs is 4. The maximum atomic E-state index is 15.3. The van der Waals surface area contributed by atoms with E-state index >= 15 is 4.39 Å². The Balaban J connectivity index is 0.864. The number of hydrogen-bond donors (Lipinski definition) is 2. The van der Waals surface area contributed by atoms with Crippen molar-refractivity contribution in [2.24, 2.45) is 4.99 Å². The number of imide groups is 1. The largest absolute Gasteiger partial charge is 0.355 e. The van der Waals surface area contributed by atoms with Crippen LogP contribution < -0.4 is 10.6 Å². The van der Waals surface area contributed by atoms with Crippen molar-refractivity contribution in [3.05, 3.63) is 97.1 Å². The van der Waals surface area contributed by atoms with E-state index in [-0.39, 0.29) is 43.2 Å². The average molecular weight is 786 g/mol. The Bertz CT molecular complexity index is 2250. The molecule has 0 spiro atoms. The van der Waals surface area contributed by atoms with Gasteiger partial charge in [0.2, 0.25) is 17.7 Å². The quantitative estimate of drug-likeness (QED) is 0.242. The minimum Gasteiger partial charge on any atom is -0.355 e. The lowest BCUT2D eigenvalue weighted by atomic mass is 9.99. The third-order valence-electron chi connectivity index (χ3n) is 11.0. The van der Waals surface area contributed by atoms with E-state index in [4.69, 9.17) is 16.6 Å². The summed E-state index contributed by atoms with van der Waals surface area (Å²) in [5, 5.41) is 15.9. The number of rotatable bonds is 9. The van der Waals surface area contributed by atoms with Crippen LogP contribution in [0, 0.1) is 26.6 Å². The van der Waals surface area contributed by atoms with Gasteiger partial charge in [-0.05, 0) is 62.1 Å². The summed E-state index contributed by atoms with van der Waals surface area (Å²) in [7, 11) is 0. The van der Waals surface area contributed by atoms with E-state index in [0.717, 1.165) is 65.0 Å². The van der Waals surface area contributed by atoms with Crippen LogP contribution in [-0.2, 0) is 27.5 Å². The van der Waals surface area contributed by atoms with E-state index in [1.165, 1.54) is 15.8 Å². The number of nitrogens with zero attached hydrogens (tertiary/aromatic N) is 7. The molecule has 55 heavy (non-hydrogen) atoms. The van der Waals surface area contributed by atoms with Gasteiger partial charge in [-0.2, -0.15) is 0 Å². The Morgan fingerprint density at radius 1 is 1.02 bits per heavy atom. The topological polar surface area (TPSA) is 145 Å². The first-order valence-electron chi connectivity index (χ1n) is 18.5. The number of piperazine rings is 1. The fraction of sp³-hybridized carbons (Fsp3) is 0.410. The maximum Gasteiger partial charge on any atom is 0.258 e. The molecule has 6 heterocycles. The number of aliphatic imine (C=N–C) groups is 1. The highest BCUT2D eigenvalue weighted by molar-refractivity contribution is 7.15. The molecule has 0 bridgehead atoms. The van der Waals surface area contributed by atoms with E-state index < -0.39 is 29.7 Å². The van der Waals surface area contributed by atoms with E-state index in [1.54, 1.807) is 11.3 Å². The van der Waals surface area contributed by atoms with Crippen LogP contribution >= 0.6 is 22.9 Å². The Kier molecular flexibility index (Phi) is 10.1. The molecule has 4 aromatic rings. The average Bonchev–Trinajstić information content (AvgIpc) is 3.76. The monoisotopic (exact) mass is 785 g/mol. The van der Waals surface area contributed by atoms with Gasteiger partial charge in [-0.15, -0.1) is 21.5 Å². The van der Waals surface area contributed by atoms with Gasteiger partial charge in [0.1, 0.15) is 28.7 Å². The molecule has 2 aromatic heterocycles. The lowest BCUT2D eigenvalue weighted by Crippen LogP contribution is -2.52. The number of aromatic nitrogens is 3. The smallest absolute Gasteiger partial charge is 0.258 e. The number of benzene rings is 2. The van der Waals surface area contributed by atoms with Crippen LogP contribution in [0.4, 0.5) is 4.39 Å². The Labute approximate surface area is 326 Å². The lowest BCUT2D eigenvalue weighted by Gasteiger charge is -2.34. The van der Waals surface area contributed by atoms with Gasteiger partial charge in [0.25, 0.3) is 5.91 Å². The molecule has 4 amide bonds. The first-order chi connectivity index (χ1) is 26.4. The molecular weight excluding hydrogens is 745 g/mol. The number of carbonyl (C=O) groups is 4. The van der Waals surface area contributed by atoms with E-state index in [2.05, 4.69) is 44.5 Å². The number of piperidine rings is 1. The third kappa shape index (κ3) is 7.21. The molecule has 13 nitrogen and oxygen atoms in total. The highest BCUT2D eigenvalue weighted by Gasteiger charge is 2.41. The zero-order valence-corrected chi connectivity index (χ0v) is 32.4. The van der Waals surface area contributed by atoms with E-state index in [9.17, 15) is 19.2 Å². The van der Waals surface area contributed by atoms with Crippen molar-refractivity contribution in [2.45, 2.75) is 65.2 Å². The molecule has 4 aliphatic heterocycles. The maximum absolute atomic E-state index is 15.3. The summed E-state index contributed by atoms with van der Waals surface area (Å²) in [6.45, 7) is 11.0. The second-order valence-electron chi connectivity index (χ2n) is 14.6. The number of hydrogen-bond acceptors (Lipinski definition) is 10. The summed E-state index contributed by atoms with van der Waals surface area (Å²) in [6, 6.07) is 9.55. The second kappa shape index (κ2) is 15.0. The van der Waals surface area contributed by atoms with Gasteiger partial charge in [0.05, 0.1) is 17.7 Å². The van der Waals surface area contributed by atoms with Gasteiger partial charge in [-0.1, -0.05) is 29.8 Å². The molecule has 0 saturated carbocycles. The summed E-state index contributed by atoms with van der Waals surface area (Å²) in [4.78, 5) is 62.8. The van der Waals surface area contributed by atoms with Crippen molar-refractivity contribution >= 4 is 52.3 Å². The number of amides is 4. The van der Waals surface area contributed by atoms with Crippen LogP contribution in [0.15, 0.2) is 41.4 Å². The zero-order valence-electron chi connectivity index (χ0n) is 30.8. The van der Waals surface area contributed by atoms with Crippen molar-refractivity contribution in [1.29, 1.82) is 0 Å². The molecular formula is C39H41ClFN9O4S. The molecule has 8 rings (SSSR count). The van der Waals surface area contributed by atoms with Crippen LogP contribution in [0.2, 0.25) is 5.02 Å². The van der Waals surface area contributed by atoms with Gasteiger partial charge in [0.15, 0.2) is 5.82 Å². The standard InChI is InChI=1S/C39H41ClFN9O4S/c1-21-22(2)55-39-33(21)35(25-4-6-27(40)7-5-25)43-29(36-46-45-23(3)50(36)39)18-32(52)42-10-11-47-12-14-48(15-13-47)19-24-16-26-20-49(38(54)34(26)28(41)17-24)30-8-9-31(51)44-37(30)53/h4-7,16-17,29-30H,8-15,18-20H2,1-3H3,(H,42,52)(H,44,51,53)/t29-,30?/m0/s1. The van der Waals surface area contributed by atoms with Gasteiger partial charge in [-0.25, -0.2) is 4.39 Å². The summed E-state index contributed by atoms with van der Waals surface area (Å²) >= 11 is 7.91. The molecule has 4 aliphatic rings. The molecule has 2 atom stereocenters. The van der Waals surface area contributed by atoms with Crippen molar-refractivity contribution in [2.75, 3.05) is 39.3 Å². The predicted molar refractivity (Wildman–Crippen MR) is 205 cm³/mol. The van der Waals surface area contributed by atoms with Crippen LogP contribution in [-0.4, -0.2) is 104 Å². The molecule has 2 aromatic carbocycles. The van der Waals surface area contributed by atoms with E-state index in [0.29, 0.717) is 36.0 Å². The molecule has 1 unspecified atom stereocenters. The number of halogens is 2. The zero-order chi connectivity index (χ0) is 38.5.